The van der Waals surface area contributed by atoms with Crippen LogP contribution in [-0.4, -0.2) is 18.1 Å². The van der Waals surface area contributed by atoms with Crippen molar-refractivity contribution in [2.24, 2.45) is 5.92 Å². The van der Waals surface area contributed by atoms with E-state index in [1.54, 1.807) is 0 Å². The molecular weight excluding hydrogens is 184 g/mol. The molecule has 84 valence electrons. The molecule has 0 radical (unpaired) electrons. The Hall–Kier alpha value is -0.890. The van der Waals surface area contributed by atoms with Gasteiger partial charge in [0, 0.05) is 11.9 Å². The van der Waals surface area contributed by atoms with Crippen LogP contribution in [0.25, 0.3) is 0 Å². The molecule has 1 aromatic heterocycles. The second-order valence-corrected chi connectivity index (χ2v) is 4.43. The van der Waals surface area contributed by atoms with Crippen LogP contribution in [0.15, 0.2) is 18.3 Å². The zero-order chi connectivity index (χ0) is 11.1. The van der Waals surface area contributed by atoms with Crippen molar-refractivity contribution in [1.82, 2.24) is 10.3 Å². The van der Waals surface area contributed by atoms with Gasteiger partial charge in [-0.15, -0.1) is 0 Å². The van der Waals surface area contributed by atoms with Gasteiger partial charge in [-0.3, -0.25) is 4.98 Å². The van der Waals surface area contributed by atoms with Crippen molar-refractivity contribution in [2.75, 3.05) is 13.1 Å². The topological polar surface area (TPSA) is 24.9 Å². The quantitative estimate of drug-likeness (QED) is 0.724. The molecule has 0 saturated carbocycles. The predicted molar refractivity (Wildman–Crippen MR) is 65.0 cm³/mol. The van der Waals surface area contributed by atoms with Gasteiger partial charge in [0.15, 0.2) is 0 Å². The molecule has 0 aromatic carbocycles. The first-order valence-electron chi connectivity index (χ1n) is 5.81. The number of aryl methyl sites for hydroxylation is 1. The molecule has 15 heavy (non-hydrogen) atoms. The Morgan fingerprint density at radius 1 is 1.33 bits per heavy atom. The van der Waals surface area contributed by atoms with Crippen LogP contribution in [0.4, 0.5) is 0 Å². The molecule has 0 bridgehead atoms. The van der Waals surface area contributed by atoms with Crippen LogP contribution in [0.5, 0.6) is 0 Å². The van der Waals surface area contributed by atoms with Crippen molar-refractivity contribution in [2.45, 2.75) is 33.6 Å². The Morgan fingerprint density at radius 2 is 2.13 bits per heavy atom. The summed E-state index contributed by atoms with van der Waals surface area (Å²) in [5.74, 6) is 0.789. The summed E-state index contributed by atoms with van der Waals surface area (Å²) in [5.41, 5.74) is 2.51. The molecule has 1 heterocycles. The lowest BCUT2D eigenvalue weighted by Gasteiger charge is -2.07. The van der Waals surface area contributed by atoms with Crippen LogP contribution in [-0.2, 0) is 6.42 Å². The Labute approximate surface area is 93.1 Å². The number of pyridine rings is 1. The van der Waals surface area contributed by atoms with E-state index in [4.69, 9.17) is 0 Å². The van der Waals surface area contributed by atoms with Crippen LogP contribution in [0.3, 0.4) is 0 Å². The number of rotatable bonds is 6. The average molecular weight is 206 g/mol. The highest BCUT2D eigenvalue weighted by atomic mass is 14.8. The first-order valence-corrected chi connectivity index (χ1v) is 5.81. The van der Waals surface area contributed by atoms with Gasteiger partial charge < -0.3 is 5.32 Å². The summed E-state index contributed by atoms with van der Waals surface area (Å²) in [6.45, 7) is 8.76. The Kier molecular flexibility index (Phi) is 5.33. The van der Waals surface area contributed by atoms with Crippen molar-refractivity contribution in [3.8, 4) is 0 Å². The summed E-state index contributed by atoms with van der Waals surface area (Å²) in [6, 6.07) is 4.17. The van der Waals surface area contributed by atoms with Gasteiger partial charge in [0.2, 0.25) is 0 Å². The first-order chi connectivity index (χ1) is 7.20. The summed E-state index contributed by atoms with van der Waals surface area (Å²) >= 11 is 0. The largest absolute Gasteiger partial charge is 0.316 e. The second-order valence-electron chi connectivity index (χ2n) is 4.43. The normalized spacial score (nSPS) is 10.9. The van der Waals surface area contributed by atoms with Gasteiger partial charge in [-0.1, -0.05) is 19.9 Å². The molecule has 2 nitrogen and oxygen atoms in total. The highest BCUT2D eigenvalue weighted by molar-refractivity contribution is 5.18. The summed E-state index contributed by atoms with van der Waals surface area (Å²) in [5, 5.41) is 3.46. The van der Waals surface area contributed by atoms with Crippen LogP contribution < -0.4 is 5.32 Å². The van der Waals surface area contributed by atoms with Crippen molar-refractivity contribution in [3.63, 3.8) is 0 Å². The molecule has 0 saturated heterocycles. The van der Waals surface area contributed by atoms with E-state index in [9.17, 15) is 0 Å². The zero-order valence-electron chi connectivity index (χ0n) is 10.1. The minimum atomic E-state index is 0.789. The Balaban J connectivity index is 2.18. The zero-order valence-corrected chi connectivity index (χ0v) is 10.1. The van der Waals surface area contributed by atoms with Gasteiger partial charge in [0.25, 0.3) is 0 Å². The third-order valence-corrected chi connectivity index (χ3v) is 2.59. The van der Waals surface area contributed by atoms with Crippen molar-refractivity contribution < 1.29 is 0 Å². The number of nitrogens with one attached hydrogen (secondary N) is 1. The maximum atomic E-state index is 4.28. The molecule has 0 amide bonds. The van der Waals surface area contributed by atoms with Gasteiger partial charge in [-0.25, -0.2) is 0 Å². The fourth-order valence-corrected chi connectivity index (χ4v) is 1.52. The number of hydrogen-bond donors (Lipinski definition) is 1. The molecule has 0 aliphatic rings. The smallest absolute Gasteiger partial charge is 0.0405 e. The summed E-state index contributed by atoms with van der Waals surface area (Å²) in [7, 11) is 0. The molecule has 0 spiro atoms. The molecule has 1 aromatic rings. The fourth-order valence-electron chi connectivity index (χ4n) is 1.52. The van der Waals surface area contributed by atoms with Crippen LogP contribution >= 0.6 is 0 Å². The maximum absolute atomic E-state index is 4.28. The first kappa shape index (κ1) is 12.2. The standard InChI is InChI=1S/C13H22N2/c1-11(2)6-9-14-10-7-13-5-4-8-15-12(13)3/h4-5,8,11,14H,6-7,9-10H2,1-3H3. The Bertz CT molecular complexity index is 282. The molecule has 0 unspecified atom stereocenters. The van der Waals surface area contributed by atoms with Crippen LogP contribution in [0.1, 0.15) is 31.5 Å². The Morgan fingerprint density at radius 3 is 2.80 bits per heavy atom. The third kappa shape index (κ3) is 4.93. The van der Waals surface area contributed by atoms with Gasteiger partial charge in [0.1, 0.15) is 0 Å². The van der Waals surface area contributed by atoms with E-state index in [1.807, 2.05) is 12.3 Å². The summed E-state index contributed by atoms with van der Waals surface area (Å²) in [6.07, 6.45) is 4.19. The van der Waals surface area contributed by atoms with Crippen LogP contribution in [0.2, 0.25) is 0 Å². The van der Waals surface area contributed by atoms with Gasteiger partial charge in [0.05, 0.1) is 0 Å². The fraction of sp³-hybridized carbons (Fsp3) is 0.615. The van der Waals surface area contributed by atoms with Crippen molar-refractivity contribution in [1.29, 1.82) is 0 Å². The number of hydrogen-bond acceptors (Lipinski definition) is 2. The van der Waals surface area contributed by atoms with E-state index in [0.29, 0.717) is 0 Å². The summed E-state index contributed by atoms with van der Waals surface area (Å²) in [4.78, 5) is 4.28. The molecular formula is C13H22N2. The number of aromatic nitrogens is 1. The highest BCUT2D eigenvalue weighted by Crippen LogP contribution is 2.03. The molecule has 0 fully saturated rings. The molecule has 1 rings (SSSR count). The lowest BCUT2D eigenvalue weighted by Crippen LogP contribution is -2.20. The van der Waals surface area contributed by atoms with E-state index in [0.717, 1.165) is 31.1 Å². The predicted octanol–water partition coefficient (Wildman–Crippen LogP) is 2.57. The molecule has 0 atom stereocenters. The monoisotopic (exact) mass is 206 g/mol. The van der Waals surface area contributed by atoms with Crippen LogP contribution in [0, 0.1) is 12.8 Å². The maximum Gasteiger partial charge on any atom is 0.0405 e. The van der Waals surface area contributed by atoms with E-state index >= 15 is 0 Å². The van der Waals surface area contributed by atoms with E-state index in [-0.39, 0.29) is 0 Å². The second kappa shape index (κ2) is 6.57. The van der Waals surface area contributed by atoms with E-state index in [2.05, 4.69) is 37.1 Å². The summed E-state index contributed by atoms with van der Waals surface area (Å²) < 4.78 is 0. The molecule has 1 N–H and O–H groups in total. The van der Waals surface area contributed by atoms with Gasteiger partial charge in [-0.05, 0) is 50.4 Å². The van der Waals surface area contributed by atoms with E-state index < -0.39 is 0 Å². The third-order valence-electron chi connectivity index (χ3n) is 2.59. The van der Waals surface area contributed by atoms with E-state index in [1.165, 1.54) is 12.0 Å². The minimum absolute atomic E-state index is 0.789. The van der Waals surface area contributed by atoms with Crippen molar-refractivity contribution in [3.05, 3.63) is 29.6 Å². The van der Waals surface area contributed by atoms with Crippen molar-refractivity contribution >= 4 is 0 Å². The van der Waals surface area contributed by atoms with Gasteiger partial charge >= 0.3 is 0 Å². The SMILES string of the molecule is Cc1ncccc1CCNCCC(C)C. The average Bonchev–Trinajstić information content (AvgIpc) is 2.20. The molecule has 2 heteroatoms. The number of nitrogens with zero attached hydrogens (tertiary/aromatic N) is 1. The lowest BCUT2D eigenvalue weighted by molar-refractivity contribution is 0.539. The van der Waals surface area contributed by atoms with Gasteiger partial charge in [-0.2, -0.15) is 0 Å². The highest BCUT2D eigenvalue weighted by Gasteiger charge is 1.98. The molecule has 0 aliphatic carbocycles. The minimum Gasteiger partial charge on any atom is -0.316 e. The lowest BCUT2D eigenvalue weighted by atomic mass is 10.1. The molecule has 0 aliphatic heterocycles.